The van der Waals surface area contributed by atoms with Crippen LogP contribution in [0.15, 0.2) is 24.3 Å². The summed E-state index contributed by atoms with van der Waals surface area (Å²) < 4.78 is 4.87. The molecule has 0 unspecified atom stereocenters. The molecule has 0 bridgehead atoms. The van der Waals surface area contributed by atoms with Crippen LogP contribution in [0.3, 0.4) is 0 Å². The lowest BCUT2D eigenvalue weighted by Crippen LogP contribution is -2.34. The highest BCUT2D eigenvalue weighted by Crippen LogP contribution is 2.14. The van der Waals surface area contributed by atoms with E-state index in [1.807, 2.05) is 19.1 Å². The molecule has 0 radical (unpaired) electrons. The number of thioether (sulfide) groups is 1. The summed E-state index contributed by atoms with van der Waals surface area (Å²) in [5.74, 6) is 0.836. The summed E-state index contributed by atoms with van der Waals surface area (Å²) in [6.07, 6.45) is 0.230. The zero-order valence-electron chi connectivity index (χ0n) is 13.6. The van der Waals surface area contributed by atoms with Crippen LogP contribution in [0.4, 0.5) is 0 Å². The number of nitrogens with zero attached hydrogens (tertiary/aromatic N) is 2. The van der Waals surface area contributed by atoms with Crippen LogP contribution in [-0.4, -0.2) is 42.2 Å². The van der Waals surface area contributed by atoms with Crippen molar-refractivity contribution in [2.75, 3.05) is 25.4 Å². The van der Waals surface area contributed by atoms with Crippen molar-refractivity contribution < 1.29 is 14.3 Å². The van der Waals surface area contributed by atoms with Crippen LogP contribution in [0.1, 0.15) is 31.4 Å². The Morgan fingerprint density at radius 3 is 2.52 bits per heavy atom. The van der Waals surface area contributed by atoms with Gasteiger partial charge in [-0.05, 0) is 31.5 Å². The molecule has 0 spiro atoms. The number of benzene rings is 1. The van der Waals surface area contributed by atoms with Gasteiger partial charge in [-0.2, -0.15) is 5.26 Å². The summed E-state index contributed by atoms with van der Waals surface area (Å²) in [7, 11) is 0. The van der Waals surface area contributed by atoms with Crippen LogP contribution in [-0.2, 0) is 20.1 Å². The second kappa shape index (κ2) is 10.7. The summed E-state index contributed by atoms with van der Waals surface area (Å²) in [4.78, 5) is 25.2. The maximum atomic E-state index is 12.1. The molecule has 0 aromatic heterocycles. The van der Waals surface area contributed by atoms with Gasteiger partial charge in [0.05, 0.1) is 30.4 Å². The fraction of sp³-hybridized carbons (Fsp3) is 0.471. The fourth-order valence-corrected chi connectivity index (χ4v) is 2.83. The molecule has 1 amide bonds. The topological polar surface area (TPSA) is 70.4 Å². The summed E-state index contributed by atoms with van der Waals surface area (Å²) in [6.45, 7) is 5.00. The number of carbonyl (C=O) groups excluding carboxylic acids is 2. The highest BCUT2D eigenvalue weighted by Gasteiger charge is 2.13. The van der Waals surface area contributed by atoms with Crippen molar-refractivity contribution in [3.63, 3.8) is 0 Å². The van der Waals surface area contributed by atoms with E-state index < -0.39 is 0 Å². The predicted molar refractivity (Wildman–Crippen MR) is 90.8 cm³/mol. The van der Waals surface area contributed by atoms with E-state index in [-0.39, 0.29) is 18.3 Å². The third-order valence-corrected chi connectivity index (χ3v) is 4.19. The van der Waals surface area contributed by atoms with Crippen molar-refractivity contribution in [3.8, 4) is 6.07 Å². The number of hydrogen-bond acceptors (Lipinski definition) is 5. The van der Waals surface area contributed by atoms with E-state index in [0.717, 1.165) is 5.56 Å². The first-order chi connectivity index (χ1) is 11.1. The van der Waals surface area contributed by atoms with Gasteiger partial charge in [0.1, 0.15) is 0 Å². The van der Waals surface area contributed by atoms with Gasteiger partial charge >= 0.3 is 5.97 Å². The average Bonchev–Trinajstić information content (AvgIpc) is 2.56. The maximum Gasteiger partial charge on any atom is 0.307 e. The van der Waals surface area contributed by atoms with E-state index in [2.05, 4.69) is 6.07 Å². The molecule has 1 aromatic carbocycles. The second-order valence-electron chi connectivity index (χ2n) is 4.83. The van der Waals surface area contributed by atoms with Crippen molar-refractivity contribution in [1.29, 1.82) is 5.26 Å². The quantitative estimate of drug-likeness (QED) is 0.649. The first-order valence-electron chi connectivity index (χ1n) is 7.60. The van der Waals surface area contributed by atoms with Gasteiger partial charge in [0.25, 0.3) is 0 Å². The van der Waals surface area contributed by atoms with Crippen LogP contribution in [0.25, 0.3) is 0 Å². The minimum atomic E-state index is -0.274. The van der Waals surface area contributed by atoms with Crippen LogP contribution < -0.4 is 0 Å². The zero-order valence-corrected chi connectivity index (χ0v) is 14.4. The number of nitriles is 1. The molecule has 5 nitrogen and oxygen atoms in total. The monoisotopic (exact) mass is 334 g/mol. The number of amides is 1. The Morgan fingerprint density at radius 2 is 1.96 bits per heavy atom. The molecule has 6 heteroatoms. The van der Waals surface area contributed by atoms with Gasteiger partial charge in [-0.15, -0.1) is 11.8 Å². The van der Waals surface area contributed by atoms with E-state index in [9.17, 15) is 9.59 Å². The van der Waals surface area contributed by atoms with Crippen molar-refractivity contribution in [1.82, 2.24) is 4.90 Å². The molecule has 0 fully saturated rings. The van der Waals surface area contributed by atoms with Gasteiger partial charge in [0.2, 0.25) is 5.91 Å². The van der Waals surface area contributed by atoms with E-state index in [1.54, 1.807) is 24.0 Å². The highest BCUT2D eigenvalue weighted by atomic mass is 32.2. The molecular formula is C17H22N2O3S. The molecule has 0 atom stereocenters. The van der Waals surface area contributed by atoms with Crippen LogP contribution in [0.5, 0.6) is 0 Å². The minimum absolute atomic E-state index is 0.0236. The lowest BCUT2D eigenvalue weighted by Gasteiger charge is -2.20. The molecule has 124 valence electrons. The summed E-state index contributed by atoms with van der Waals surface area (Å²) >= 11 is 1.53. The standard InChI is InChI=1S/C17H22N2O3S/c1-3-19(10-9-17(21)22-4-2)16(20)13-23-12-15-7-5-14(11-18)6-8-15/h5-8H,3-4,9-10,12-13H2,1-2H3. The SMILES string of the molecule is CCOC(=O)CCN(CC)C(=O)CSCc1ccc(C#N)cc1. The van der Waals surface area contributed by atoms with Crippen LogP contribution >= 0.6 is 11.8 Å². The number of hydrogen-bond donors (Lipinski definition) is 0. The first-order valence-corrected chi connectivity index (χ1v) is 8.76. The Hall–Kier alpha value is -2.00. The molecule has 0 aliphatic heterocycles. The number of rotatable bonds is 9. The van der Waals surface area contributed by atoms with Gasteiger partial charge in [0.15, 0.2) is 0 Å². The Kier molecular flexibility index (Phi) is 8.85. The third-order valence-electron chi connectivity index (χ3n) is 3.20. The number of esters is 1. The Balaban J connectivity index is 2.35. The molecule has 1 aromatic rings. The van der Waals surface area contributed by atoms with Crippen molar-refractivity contribution in [2.45, 2.75) is 26.0 Å². The largest absolute Gasteiger partial charge is 0.466 e. The molecule has 23 heavy (non-hydrogen) atoms. The van der Waals surface area contributed by atoms with Crippen molar-refractivity contribution in [3.05, 3.63) is 35.4 Å². The summed E-state index contributed by atoms with van der Waals surface area (Å²) in [5.41, 5.74) is 1.71. The van der Waals surface area contributed by atoms with Crippen LogP contribution in [0, 0.1) is 11.3 Å². The maximum absolute atomic E-state index is 12.1. The van der Waals surface area contributed by atoms with Crippen LogP contribution in [0.2, 0.25) is 0 Å². The van der Waals surface area contributed by atoms with Gasteiger partial charge in [-0.3, -0.25) is 9.59 Å². The van der Waals surface area contributed by atoms with Gasteiger partial charge in [0, 0.05) is 18.8 Å². The molecular weight excluding hydrogens is 312 g/mol. The van der Waals surface area contributed by atoms with Gasteiger partial charge in [-0.1, -0.05) is 12.1 Å². The number of ether oxygens (including phenoxy) is 1. The molecule has 0 heterocycles. The Labute approximate surface area is 141 Å². The molecule has 0 saturated carbocycles. The molecule has 1 rings (SSSR count). The number of carbonyl (C=O) groups is 2. The molecule has 0 N–H and O–H groups in total. The van der Waals surface area contributed by atoms with E-state index >= 15 is 0 Å². The van der Waals surface area contributed by atoms with Crippen molar-refractivity contribution in [2.24, 2.45) is 0 Å². The fourth-order valence-electron chi connectivity index (χ4n) is 1.94. The average molecular weight is 334 g/mol. The predicted octanol–water partition coefficient (Wildman–Crippen LogP) is 2.59. The highest BCUT2D eigenvalue weighted by molar-refractivity contribution is 7.99. The smallest absolute Gasteiger partial charge is 0.307 e. The van der Waals surface area contributed by atoms with Crippen molar-refractivity contribution >= 4 is 23.6 Å². The zero-order chi connectivity index (χ0) is 17.1. The lowest BCUT2D eigenvalue weighted by molar-refractivity contribution is -0.143. The Morgan fingerprint density at radius 1 is 1.26 bits per heavy atom. The van der Waals surface area contributed by atoms with E-state index in [4.69, 9.17) is 10.00 Å². The van der Waals surface area contributed by atoms with E-state index in [1.165, 1.54) is 11.8 Å². The molecule has 0 aliphatic carbocycles. The van der Waals surface area contributed by atoms with Gasteiger partial charge in [-0.25, -0.2) is 0 Å². The Bertz CT molecular complexity index is 552. The first kappa shape index (κ1) is 19.0. The lowest BCUT2D eigenvalue weighted by atomic mass is 10.2. The summed E-state index contributed by atoms with van der Waals surface area (Å²) in [5, 5.41) is 8.75. The third kappa shape index (κ3) is 7.20. The normalized spacial score (nSPS) is 9.96. The second-order valence-corrected chi connectivity index (χ2v) is 5.82. The summed E-state index contributed by atoms with van der Waals surface area (Å²) in [6, 6.07) is 9.42. The van der Waals surface area contributed by atoms with Gasteiger partial charge < -0.3 is 9.64 Å². The molecule has 0 saturated heterocycles. The van der Waals surface area contributed by atoms with E-state index in [0.29, 0.717) is 36.8 Å². The minimum Gasteiger partial charge on any atom is -0.466 e. The molecule has 0 aliphatic rings.